The summed E-state index contributed by atoms with van der Waals surface area (Å²) in [6.07, 6.45) is 2.94. The molecule has 1 aliphatic rings. The quantitative estimate of drug-likeness (QED) is 0.921. The van der Waals surface area contributed by atoms with Gasteiger partial charge in [-0.15, -0.1) is 0 Å². The summed E-state index contributed by atoms with van der Waals surface area (Å²) in [7, 11) is 0. The first-order valence-electron chi connectivity index (χ1n) is 7.98. The molecular formula is C18H25N3O. The molecule has 0 saturated heterocycles. The van der Waals surface area contributed by atoms with Crippen molar-refractivity contribution in [1.29, 1.82) is 0 Å². The van der Waals surface area contributed by atoms with Crippen LogP contribution in [-0.2, 0) is 19.5 Å². The molecule has 0 amide bonds. The summed E-state index contributed by atoms with van der Waals surface area (Å²) in [6, 6.07) is 8.78. The number of nitrogens with one attached hydrogen (secondary N) is 1. The van der Waals surface area contributed by atoms with Crippen molar-refractivity contribution in [3.05, 3.63) is 53.2 Å². The summed E-state index contributed by atoms with van der Waals surface area (Å²) in [5, 5.41) is 3.50. The Kier molecular flexibility index (Phi) is 4.32. The Morgan fingerprint density at radius 3 is 2.77 bits per heavy atom. The predicted octanol–water partition coefficient (Wildman–Crippen LogP) is 2.91. The third-order valence-corrected chi connectivity index (χ3v) is 4.51. The highest BCUT2D eigenvalue weighted by Crippen LogP contribution is 2.24. The van der Waals surface area contributed by atoms with Gasteiger partial charge in [0.2, 0.25) is 0 Å². The summed E-state index contributed by atoms with van der Waals surface area (Å²) >= 11 is 0. The minimum absolute atomic E-state index is 0.114. The first-order chi connectivity index (χ1) is 10.5. The SMILES string of the molecule is Cc1ncc(CNCC(C)(C)N2CCc3ccccc3C2)o1. The lowest BCUT2D eigenvalue weighted by Gasteiger charge is -2.41. The van der Waals surface area contributed by atoms with Gasteiger partial charge in [-0.3, -0.25) is 4.90 Å². The van der Waals surface area contributed by atoms with Crippen LogP contribution in [0, 0.1) is 6.92 Å². The van der Waals surface area contributed by atoms with Crippen molar-refractivity contribution in [3.63, 3.8) is 0 Å². The fourth-order valence-electron chi connectivity index (χ4n) is 3.10. The summed E-state index contributed by atoms with van der Waals surface area (Å²) < 4.78 is 5.50. The minimum Gasteiger partial charge on any atom is -0.445 e. The predicted molar refractivity (Wildman–Crippen MR) is 87.6 cm³/mol. The Bertz CT molecular complexity index is 633. The molecule has 1 aliphatic heterocycles. The van der Waals surface area contributed by atoms with E-state index in [1.165, 1.54) is 11.1 Å². The summed E-state index contributed by atoms with van der Waals surface area (Å²) in [6.45, 7) is 10.3. The van der Waals surface area contributed by atoms with Crippen LogP contribution in [-0.4, -0.2) is 28.5 Å². The molecule has 0 aliphatic carbocycles. The molecule has 118 valence electrons. The topological polar surface area (TPSA) is 41.3 Å². The fraction of sp³-hybridized carbons (Fsp3) is 0.500. The van der Waals surface area contributed by atoms with Gasteiger partial charge in [-0.1, -0.05) is 24.3 Å². The molecule has 3 rings (SSSR count). The van der Waals surface area contributed by atoms with Crippen molar-refractivity contribution >= 4 is 0 Å². The van der Waals surface area contributed by atoms with E-state index in [4.69, 9.17) is 4.42 Å². The molecule has 0 spiro atoms. The van der Waals surface area contributed by atoms with E-state index in [1.54, 1.807) is 6.20 Å². The van der Waals surface area contributed by atoms with E-state index < -0.39 is 0 Å². The molecule has 22 heavy (non-hydrogen) atoms. The number of hydrogen-bond donors (Lipinski definition) is 1. The summed E-state index contributed by atoms with van der Waals surface area (Å²) in [5.74, 6) is 1.63. The van der Waals surface area contributed by atoms with Gasteiger partial charge in [0.05, 0.1) is 12.7 Å². The van der Waals surface area contributed by atoms with Gasteiger partial charge in [-0.05, 0) is 31.4 Å². The molecule has 4 heteroatoms. The third-order valence-electron chi connectivity index (χ3n) is 4.51. The number of nitrogens with zero attached hydrogens (tertiary/aromatic N) is 2. The van der Waals surface area contributed by atoms with E-state index >= 15 is 0 Å². The van der Waals surface area contributed by atoms with Crippen LogP contribution in [0.25, 0.3) is 0 Å². The van der Waals surface area contributed by atoms with Crippen molar-refractivity contribution in [3.8, 4) is 0 Å². The molecule has 0 bridgehead atoms. The zero-order chi connectivity index (χ0) is 15.6. The molecule has 1 N–H and O–H groups in total. The van der Waals surface area contributed by atoms with Crippen LogP contribution in [0.4, 0.5) is 0 Å². The third kappa shape index (κ3) is 3.39. The smallest absolute Gasteiger partial charge is 0.191 e. The second-order valence-electron chi connectivity index (χ2n) is 6.70. The second kappa shape index (κ2) is 6.23. The standard InChI is InChI=1S/C18H25N3O/c1-14-20-11-17(22-14)10-19-13-18(2,3)21-9-8-15-6-4-5-7-16(15)12-21/h4-7,11,19H,8-10,12-13H2,1-3H3. The van der Waals surface area contributed by atoms with Gasteiger partial charge in [0, 0.05) is 32.1 Å². The first kappa shape index (κ1) is 15.3. The molecule has 0 unspecified atom stereocenters. The van der Waals surface area contributed by atoms with E-state index in [0.29, 0.717) is 0 Å². The summed E-state index contributed by atoms with van der Waals surface area (Å²) in [4.78, 5) is 6.69. The normalized spacial score (nSPS) is 15.8. The zero-order valence-corrected chi connectivity index (χ0v) is 13.7. The lowest BCUT2D eigenvalue weighted by atomic mass is 9.94. The lowest BCUT2D eigenvalue weighted by Crippen LogP contribution is -2.52. The van der Waals surface area contributed by atoms with Crippen LogP contribution in [0.2, 0.25) is 0 Å². The van der Waals surface area contributed by atoms with Gasteiger partial charge in [0.25, 0.3) is 0 Å². The number of rotatable bonds is 5. The highest BCUT2D eigenvalue weighted by Gasteiger charge is 2.29. The van der Waals surface area contributed by atoms with E-state index in [0.717, 1.165) is 44.3 Å². The maximum absolute atomic E-state index is 5.50. The average molecular weight is 299 g/mol. The van der Waals surface area contributed by atoms with Crippen LogP contribution < -0.4 is 5.32 Å². The highest BCUT2D eigenvalue weighted by molar-refractivity contribution is 5.29. The van der Waals surface area contributed by atoms with E-state index in [2.05, 4.69) is 53.3 Å². The largest absolute Gasteiger partial charge is 0.445 e. The molecule has 0 radical (unpaired) electrons. The Hall–Kier alpha value is -1.65. The maximum atomic E-state index is 5.50. The lowest BCUT2D eigenvalue weighted by molar-refractivity contribution is 0.102. The van der Waals surface area contributed by atoms with Crippen LogP contribution in [0.3, 0.4) is 0 Å². The number of benzene rings is 1. The van der Waals surface area contributed by atoms with Crippen molar-refractivity contribution < 1.29 is 4.42 Å². The number of aryl methyl sites for hydroxylation is 1. The van der Waals surface area contributed by atoms with E-state index in [1.807, 2.05) is 6.92 Å². The average Bonchev–Trinajstić information content (AvgIpc) is 2.92. The zero-order valence-electron chi connectivity index (χ0n) is 13.7. The fourth-order valence-corrected chi connectivity index (χ4v) is 3.10. The highest BCUT2D eigenvalue weighted by atomic mass is 16.4. The number of aromatic nitrogens is 1. The van der Waals surface area contributed by atoms with E-state index in [-0.39, 0.29) is 5.54 Å². The minimum atomic E-state index is 0.114. The first-order valence-corrected chi connectivity index (χ1v) is 7.98. The van der Waals surface area contributed by atoms with Crippen molar-refractivity contribution in [2.45, 2.75) is 45.8 Å². The number of hydrogen-bond acceptors (Lipinski definition) is 4. The van der Waals surface area contributed by atoms with E-state index in [9.17, 15) is 0 Å². The molecule has 1 aromatic carbocycles. The van der Waals surface area contributed by atoms with Gasteiger partial charge in [-0.2, -0.15) is 0 Å². The Labute approximate surface area is 132 Å². The molecule has 4 nitrogen and oxygen atoms in total. The molecular weight excluding hydrogens is 274 g/mol. The van der Waals surface area contributed by atoms with Gasteiger partial charge < -0.3 is 9.73 Å². The summed E-state index contributed by atoms with van der Waals surface area (Å²) in [5.41, 5.74) is 3.08. The second-order valence-corrected chi connectivity index (χ2v) is 6.70. The van der Waals surface area contributed by atoms with Crippen LogP contribution in [0.1, 0.15) is 36.6 Å². The monoisotopic (exact) mass is 299 g/mol. The van der Waals surface area contributed by atoms with Gasteiger partial charge in [0.1, 0.15) is 5.76 Å². The van der Waals surface area contributed by atoms with Crippen LogP contribution in [0.15, 0.2) is 34.9 Å². The van der Waals surface area contributed by atoms with Crippen LogP contribution in [0.5, 0.6) is 0 Å². The Morgan fingerprint density at radius 1 is 1.27 bits per heavy atom. The number of fused-ring (bicyclic) bond motifs is 1. The van der Waals surface area contributed by atoms with Gasteiger partial charge in [0.15, 0.2) is 5.89 Å². The molecule has 0 fully saturated rings. The van der Waals surface area contributed by atoms with Gasteiger partial charge >= 0.3 is 0 Å². The molecule has 0 saturated carbocycles. The molecule has 2 heterocycles. The Balaban J connectivity index is 1.56. The van der Waals surface area contributed by atoms with Crippen molar-refractivity contribution in [2.75, 3.05) is 13.1 Å². The number of oxazole rings is 1. The maximum Gasteiger partial charge on any atom is 0.191 e. The molecule has 2 aromatic rings. The van der Waals surface area contributed by atoms with Crippen LogP contribution >= 0.6 is 0 Å². The van der Waals surface area contributed by atoms with Gasteiger partial charge in [-0.25, -0.2) is 4.98 Å². The van der Waals surface area contributed by atoms with Crippen molar-refractivity contribution in [2.24, 2.45) is 0 Å². The molecule has 1 aromatic heterocycles. The Morgan fingerprint density at radius 2 is 2.05 bits per heavy atom. The molecule has 0 atom stereocenters. The van der Waals surface area contributed by atoms with Crippen molar-refractivity contribution in [1.82, 2.24) is 15.2 Å².